The lowest BCUT2D eigenvalue weighted by molar-refractivity contribution is -0.135. The second-order valence-corrected chi connectivity index (χ2v) is 7.13. The van der Waals surface area contributed by atoms with Gasteiger partial charge in [-0.25, -0.2) is 0 Å². The molecule has 2 aliphatic rings. The van der Waals surface area contributed by atoms with Gasteiger partial charge in [-0.15, -0.1) is 0 Å². The number of aryl methyl sites for hydroxylation is 1. The van der Waals surface area contributed by atoms with Crippen LogP contribution in [0.15, 0.2) is 18.5 Å². The third-order valence-corrected chi connectivity index (χ3v) is 5.53. The van der Waals surface area contributed by atoms with Crippen LogP contribution in [0, 0.1) is 12.8 Å². The molecule has 2 fully saturated rings. The Balaban J connectivity index is 1.66. The van der Waals surface area contributed by atoms with Crippen LogP contribution in [-0.2, 0) is 16.1 Å². The maximum atomic E-state index is 12.4. The molecule has 3 rings (SSSR count). The molecule has 2 saturated heterocycles. The van der Waals surface area contributed by atoms with E-state index in [1.165, 1.54) is 11.1 Å². The Labute approximate surface area is 145 Å². The molecule has 5 heteroatoms. The molecule has 1 aromatic heterocycles. The lowest BCUT2D eigenvalue weighted by Crippen LogP contribution is -2.52. The molecule has 0 spiro atoms. The smallest absolute Gasteiger partial charge is 0.222 e. The number of likely N-dealkylation sites (tertiary alicyclic amines) is 2. The van der Waals surface area contributed by atoms with Crippen LogP contribution in [0.25, 0.3) is 0 Å². The molecule has 1 amide bonds. The van der Waals surface area contributed by atoms with E-state index in [0.29, 0.717) is 30.9 Å². The highest BCUT2D eigenvalue weighted by Gasteiger charge is 2.37. The molecule has 0 N–H and O–H groups in total. The van der Waals surface area contributed by atoms with Crippen molar-refractivity contribution in [1.29, 1.82) is 0 Å². The minimum absolute atomic E-state index is 0.318. The van der Waals surface area contributed by atoms with Gasteiger partial charge in [-0.1, -0.05) is 0 Å². The highest BCUT2D eigenvalue weighted by Crippen LogP contribution is 2.31. The number of pyridine rings is 1. The van der Waals surface area contributed by atoms with E-state index in [9.17, 15) is 4.79 Å². The van der Waals surface area contributed by atoms with Crippen molar-refractivity contribution in [3.63, 3.8) is 0 Å². The van der Waals surface area contributed by atoms with Crippen molar-refractivity contribution in [1.82, 2.24) is 14.8 Å². The number of nitrogens with zero attached hydrogens (tertiary/aromatic N) is 3. The molecule has 132 valence electrons. The van der Waals surface area contributed by atoms with E-state index in [1.807, 2.05) is 12.4 Å². The number of fused-ring (bicyclic) bond motifs is 1. The summed E-state index contributed by atoms with van der Waals surface area (Å²) >= 11 is 0. The summed E-state index contributed by atoms with van der Waals surface area (Å²) in [6, 6.07) is 2.52. The van der Waals surface area contributed by atoms with Gasteiger partial charge in [-0.2, -0.15) is 0 Å². The van der Waals surface area contributed by atoms with Gasteiger partial charge in [-0.05, 0) is 49.3 Å². The largest absolute Gasteiger partial charge is 0.383 e. The van der Waals surface area contributed by atoms with Crippen molar-refractivity contribution in [2.75, 3.05) is 33.4 Å². The molecular formula is C19H29N3O2. The van der Waals surface area contributed by atoms with Crippen LogP contribution in [0.3, 0.4) is 0 Å². The molecule has 2 atom stereocenters. The van der Waals surface area contributed by atoms with Crippen molar-refractivity contribution < 1.29 is 9.53 Å². The summed E-state index contributed by atoms with van der Waals surface area (Å²) in [7, 11) is 1.71. The summed E-state index contributed by atoms with van der Waals surface area (Å²) in [4.78, 5) is 21.3. The number of carbonyl (C=O) groups excluding carboxylic acids is 1. The molecule has 0 aromatic carbocycles. The number of carbonyl (C=O) groups is 1. The number of hydrogen-bond donors (Lipinski definition) is 0. The zero-order valence-electron chi connectivity index (χ0n) is 14.9. The predicted molar refractivity (Wildman–Crippen MR) is 93.6 cm³/mol. The first-order valence-corrected chi connectivity index (χ1v) is 9.09. The lowest BCUT2D eigenvalue weighted by Gasteiger charge is -2.42. The summed E-state index contributed by atoms with van der Waals surface area (Å²) < 4.78 is 5.22. The average Bonchev–Trinajstić information content (AvgIpc) is 2.73. The minimum Gasteiger partial charge on any atom is -0.383 e. The quantitative estimate of drug-likeness (QED) is 0.830. The first-order chi connectivity index (χ1) is 11.7. The predicted octanol–water partition coefficient (Wildman–Crippen LogP) is 2.24. The summed E-state index contributed by atoms with van der Waals surface area (Å²) in [5.74, 6) is 0.905. The normalized spacial score (nSPS) is 25.4. The van der Waals surface area contributed by atoms with E-state index in [-0.39, 0.29) is 0 Å². The molecular weight excluding hydrogens is 302 g/mol. The zero-order valence-corrected chi connectivity index (χ0v) is 14.9. The standard InChI is InChI=1S/C19H29N3O2/c1-15-12-20-8-6-16(15)13-21-9-7-18-17(14-21)4-3-5-19(23)22(18)10-11-24-2/h6,8,12,17-18H,3-5,7,9-11,13-14H2,1-2H3/t17-,18+/m0/s1. The topological polar surface area (TPSA) is 45.7 Å². The van der Waals surface area contributed by atoms with Gasteiger partial charge in [0.05, 0.1) is 6.61 Å². The summed E-state index contributed by atoms with van der Waals surface area (Å²) in [6.07, 6.45) is 7.77. The molecule has 3 heterocycles. The Morgan fingerprint density at radius 1 is 1.38 bits per heavy atom. The molecule has 24 heavy (non-hydrogen) atoms. The average molecular weight is 331 g/mol. The van der Waals surface area contributed by atoms with Crippen molar-refractivity contribution in [3.8, 4) is 0 Å². The summed E-state index contributed by atoms with van der Waals surface area (Å²) in [6.45, 7) is 6.63. The van der Waals surface area contributed by atoms with Crippen LogP contribution >= 0.6 is 0 Å². The summed E-state index contributed by atoms with van der Waals surface area (Å²) in [5, 5.41) is 0. The molecule has 0 radical (unpaired) electrons. The van der Waals surface area contributed by atoms with Crippen LogP contribution in [0.2, 0.25) is 0 Å². The Morgan fingerprint density at radius 3 is 3.04 bits per heavy atom. The molecule has 5 nitrogen and oxygen atoms in total. The van der Waals surface area contributed by atoms with E-state index < -0.39 is 0 Å². The van der Waals surface area contributed by atoms with Gasteiger partial charge in [0.25, 0.3) is 0 Å². The van der Waals surface area contributed by atoms with E-state index in [4.69, 9.17) is 4.74 Å². The number of aromatic nitrogens is 1. The fraction of sp³-hybridized carbons (Fsp3) is 0.684. The molecule has 0 saturated carbocycles. The van der Waals surface area contributed by atoms with E-state index in [2.05, 4.69) is 27.8 Å². The van der Waals surface area contributed by atoms with Crippen molar-refractivity contribution in [3.05, 3.63) is 29.6 Å². The third-order valence-electron chi connectivity index (χ3n) is 5.53. The maximum absolute atomic E-state index is 12.4. The highest BCUT2D eigenvalue weighted by molar-refractivity contribution is 5.76. The number of amides is 1. The molecule has 0 unspecified atom stereocenters. The number of rotatable bonds is 5. The molecule has 2 aliphatic heterocycles. The minimum atomic E-state index is 0.318. The Bertz CT molecular complexity index is 563. The fourth-order valence-electron chi connectivity index (χ4n) is 4.18. The van der Waals surface area contributed by atoms with Crippen LogP contribution < -0.4 is 0 Å². The second kappa shape index (κ2) is 8.08. The van der Waals surface area contributed by atoms with Gasteiger partial charge in [0.2, 0.25) is 5.91 Å². The highest BCUT2D eigenvalue weighted by atomic mass is 16.5. The van der Waals surface area contributed by atoms with Gasteiger partial charge in [0.15, 0.2) is 0 Å². The first-order valence-electron chi connectivity index (χ1n) is 9.09. The van der Waals surface area contributed by atoms with Gasteiger partial charge >= 0.3 is 0 Å². The number of ether oxygens (including phenoxy) is 1. The first kappa shape index (κ1) is 17.4. The zero-order chi connectivity index (χ0) is 16.9. The maximum Gasteiger partial charge on any atom is 0.222 e. The van der Waals surface area contributed by atoms with Crippen LogP contribution in [0.1, 0.15) is 36.8 Å². The number of piperidine rings is 1. The monoisotopic (exact) mass is 331 g/mol. The lowest BCUT2D eigenvalue weighted by atomic mass is 9.88. The van der Waals surface area contributed by atoms with Gasteiger partial charge in [0.1, 0.15) is 0 Å². The van der Waals surface area contributed by atoms with E-state index in [1.54, 1.807) is 7.11 Å². The van der Waals surface area contributed by atoms with Crippen molar-refractivity contribution in [2.24, 2.45) is 5.92 Å². The SMILES string of the molecule is COCCN1C(=O)CCC[C@H]2CN(Cc3ccncc3C)CC[C@H]21. The fourth-order valence-corrected chi connectivity index (χ4v) is 4.18. The third kappa shape index (κ3) is 3.95. The Kier molecular flexibility index (Phi) is 5.85. The van der Waals surface area contributed by atoms with Crippen molar-refractivity contribution >= 4 is 5.91 Å². The molecule has 0 aliphatic carbocycles. The van der Waals surface area contributed by atoms with E-state index >= 15 is 0 Å². The second-order valence-electron chi connectivity index (χ2n) is 7.13. The Hall–Kier alpha value is -1.46. The van der Waals surface area contributed by atoms with Crippen LogP contribution in [-0.4, -0.2) is 60.1 Å². The number of hydrogen-bond acceptors (Lipinski definition) is 4. The summed E-state index contributed by atoms with van der Waals surface area (Å²) in [5.41, 5.74) is 2.63. The van der Waals surface area contributed by atoms with Gasteiger partial charge in [-0.3, -0.25) is 14.7 Å². The van der Waals surface area contributed by atoms with Crippen LogP contribution in [0.4, 0.5) is 0 Å². The van der Waals surface area contributed by atoms with E-state index in [0.717, 1.165) is 45.4 Å². The molecule has 1 aromatic rings. The van der Waals surface area contributed by atoms with Crippen molar-refractivity contribution in [2.45, 2.75) is 45.2 Å². The Morgan fingerprint density at radius 2 is 2.25 bits per heavy atom. The van der Waals surface area contributed by atoms with Gasteiger partial charge < -0.3 is 9.64 Å². The van der Waals surface area contributed by atoms with Crippen LogP contribution in [0.5, 0.6) is 0 Å². The van der Waals surface area contributed by atoms with Gasteiger partial charge in [0, 0.05) is 58.1 Å². The molecule has 0 bridgehead atoms. The number of methoxy groups -OCH3 is 1.